The predicted molar refractivity (Wildman–Crippen MR) is 156 cm³/mol. The van der Waals surface area contributed by atoms with Crippen LogP contribution in [0.5, 0.6) is 0 Å². The number of likely N-dealkylation sites (tertiary alicyclic amines) is 1. The molecule has 1 aliphatic carbocycles. The van der Waals surface area contributed by atoms with Gasteiger partial charge in [0.15, 0.2) is 11.5 Å². The highest BCUT2D eigenvalue weighted by Crippen LogP contribution is 2.56. The minimum absolute atomic E-state index is 0.138. The third-order valence-electron chi connectivity index (χ3n) is 8.92. The fourth-order valence-electron chi connectivity index (χ4n) is 6.75. The van der Waals surface area contributed by atoms with Crippen LogP contribution in [0.15, 0.2) is 53.2 Å². The number of benzene rings is 2. The molecule has 3 amide bonds. The summed E-state index contributed by atoms with van der Waals surface area (Å²) >= 11 is 0. The molecule has 2 aromatic heterocycles. The first-order chi connectivity index (χ1) is 21.6. The summed E-state index contributed by atoms with van der Waals surface area (Å²) in [5.74, 6) is -2.37. The standard InChI is InChI=1S/C32H28F2N6O5/c1-17-22(13-35-29(36-17)25-10-27(30(42)43)45-38-25)21-4-2-18(8-23(21)33)14-39-15-32(16-39)11-20(12-32)19-3-5-26(24(34)9-19)40-7-6-28(41)37-31(40)44/h2-5,8-10,13,20H,6-7,11-12,14-16H2,1H3,(H,42,43)(H,37,41,44). The van der Waals surface area contributed by atoms with Crippen LogP contribution in [-0.2, 0) is 11.3 Å². The lowest BCUT2D eigenvalue weighted by molar-refractivity contribution is -0.120. The van der Waals surface area contributed by atoms with Gasteiger partial charge in [0.2, 0.25) is 11.7 Å². The van der Waals surface area contributed by atoms with Crippen LogP contribution in [0.25, 0.3) is 22.6 Å². The molecule has 4 heterocycles. The molecule has 4 aromatic rings. The lowest BCUT2D eigenvalue weighted by Crippen LogP contribution is -2.61. The highest BCUT2D eigenvalue weighted by atomic mass is 19.1. The Morgan fingerprint density at radius 1 is 1.09 bits per heavy atom. The molecule has 11 nitrogen and oxygen atoms in total. The van der Waals surface area contributed by atoms with Gasteiger partial charge in [-0.2, -0.15) is 0 Å². The highest BCUT2D eigenvalue weighted by Gasteiger charge is 2.52. The van der Waals surface area contributed by atoms with Crippen LogP contribution in [0.4, 0.5) is 19.3 Å². The maximum atomic E-state index is 15.3. The lowest BCUT2D eigenvalue weighted by Gasteiger charge is -2.59. The zero-order chi connectivity index (χ0) is 31.5. The van der Waals surface area contributed by atoms with Gasteiger partial charge in [0.1, 0.15) is 11.6 Å². The first-order valence-corrected chi connectivity index (χ1v) is 14.5. The van der Waals surface area contributed by atoms with Crippen molar-refractivity contribution < 1.29 is 32.8 Å². The van der Waals surface area contributed by atoms with E-state index in [4.69, 9.17) is 9.63 Å². The van der Waals surface area contributed by atoms with Crippen molar-refractivity contribution >= 4 is 23.6 Å². The Morgan fingerprint density at radius 2 is 1.89 bits per heavy atom. The average Bonchev–Trinajstić information content (AvgIpc) is 3.45. The molecule has 45 heavy (non-hydrogen) atoms. The largest absolute Gasteiger partial charge is 0.475 e. The minimum atomic E-state index is -1.25. The number of nitrogens with zero attached hydrogens (tertiary/aromatic N) is 5. The van der Waals surface area contributed by atoms with E-state index in [0.717, 1.165) is 37.1 Å². The molecule has 3 fully saturated rings. The number of carbonyl (C=O) groups is 3. The quantitative estimate of drug-likeness (QED) is 0.297. The summed E-state index contributed by atoms with van der Waals surface area (Å²) in [6.45, 7) is 4.25. The van der Waals surface area contributed by atoms with Crippen molar-refractivity contribution in [3.05, 3.63) is 82.9 Å². The number of carbonyl (C=O) groups excluding carboxylic acids is 2. The maximum absolute atomic E-state index is 15.3. The molecule has 7 rings (SSSR count). The van der Waals surface area contributed by atoms with Crippen molar-refractivity contribution in [1.82, 2.24) is 25.3 Å². The Bertz CT molecular complexity index is 1860. The Hall–Kier alpha value is -5.04. The van der Waals surface area contributed by atoms with Crippen LogP contribution in [0.1, 0.15) is 52.6 Å². The van der Waals surface area contributed by atoms with Crippen molar-refractivity contribution in [2.24, 2.45) is 5.41 Å². The second-order valence-electron chi connectivity index (χ2n) is 12.1. The number of hydrogen-bond acceptors (Lipinski definition) is 8. The summed E-state index contributed by atoms with van der Waals surface area (Å²) in [6.07, 6.45) is 3.51. The maximum Gasteiger partial charge on any atom is 0.374 e. The van der Waals surface area contributed by atoms with Gasteiger partial charge in [-0.3, -0.25) is 19.9 Å². The van der Waals surface area contributed by atoms with Gasteiger partial charge in [-0.15, -0.1) is 0 Å². The summed E-state index contributed by atoms with van der Waals surface area (Å²) in [5, 5.41) is 14.9. The number of rotatable bonds is 7. The topological polar surface area (TPSA) is 142 Å². The molecular weight excluding hydrogens is 586 g/mol. The molecule has 0 radical (unpaired) electrons. The van der Waals surface area contributed by atoms with E-state index < -0.39 is 17.8 Å². The summed E-state index contributed by atoms with van der Waals surface area (Å²) in [6, 6.07) is 10.7. The zero-order valence-electron chi connectivity index (χ0n) is 24.2. The molecule has 0 atom stereocenters. The van der Waals surface area contributed by atoms with Gasteiger partial charge in [0, 0.05) is 61.7 Å². The number of aromatic carboxylic acids is 1. The Labute approximate surface area is 255 Å². The molecule has 2 aromatic carbocycles. The van der Waals surface area contributed by atoms with Crippen molar-refractivity contribution in [1.29, 1.82) is 0 Å². The molecular formula is C32H28F2N6O5. The van der Waals surface area contributed by atoms with Crippen LogP contribution < -0.4 is 10.2 Å². The fourth-order valence-corrected chi connectivity index (χ4v) is 6.75. The number of aryl methyl sites for hydroxylation is 1. The Kier molecular flexibility index (Phi) is 6.92. The molecule has 13 heteroatoms. The fraction of sp³-hybridized carbons (Fsp3) is 0.312. The van der Waals surface area contributed by atoms with Gasteiger partial charge in [0.25, 0.3) is 0 Å². The number of anilines is 1. The Balaban J connectivity index is 0.944. The van der Waals surface area contributed by atoms with E-state index in [9.17, 15) is 18.8 Å². The van der Waals surface area contributed by atoms with Gasteiger partial charge in [0.05, 0.1) is 5.69 Å². The number of carboxylic acid groups (broad SMARTS) is 1. The van der Waals surface area contributed by atoms with Crippen molar-refractivity contribution in [3.8, 4) is 22.6 Å². The summed E-state index contributed by atoms with van der Waals surface area (Å²) in [7, 11) is 0. The zero-order valence-corrected chi connectivity index (χ0v) is 24.2. The van der Waals surface area contributed by atoms with Gasteiger partial charge in [-0.1, -0.05) is 23.4 Å². The van der Waals surface area contributed by atoms with Gasteiger partial charge >= 0.3 is 12.0 Å². The second-order valence-corrected chi connectivity index (χ2v) is 12.1. The number of hydrogen-bond donors (Lipinski definition) is 2. The van der Waals surface area contributed by atoms with Crippen LogP contribution in [0, 0.1) is 24.0 Å². The van der Waals surface area contributed by atoms with E-state index in [1.54, 1.807) is 19.1 Å². The first kappa shape index (κ1) is 28.7. The number of amides is 3. The van der Waals surface area contributed by atoms with Crippen molar-refractivity contribution in [2.75, 3.05) is 24.5 Å². The number of nitrogens with one attached hydrogen (secondary N) is 1. The van der Waals surface area contributed by atoms with Gasteiger partial charge < -0.3 is 9.63 Å². The summed E-state index contributed by atoms with van der Waals surface area (Å²) < 4.78 is 35.0. The van der Waals surface area contributed by atoms with E-state index in [2.05, 4.69) is 25.3 Å². The van der Waals surface area contributed by atoms with Crippen molar-refractivity contribution in [2.45, 2.75) is 38.6 Å². The van der Waals surface area contributed by atoms with E-state index in [1.165, 1.54) is 29.3 Å². The van der Waals surface area contributed by atoms with Crippen LogP contribution in [0.3, 0.4) is 0 Å². The van der Waals surface area contributed by atoms with Crippen LogP contribution in [-0.4, -0.2) is 62.7 Å². The second kappa shape index (κ2) is 10.8. The third kappa shape index (κ3) is 5.33. The lowest BCUT2D eigenvalue weighted by atomic mass is 9.56. The van der Waals surface area contributed by atoms with E-state index in [1.807, 2.05) is 12.1 Å². The number of carboxylic acids is 1. The Morgan fingerprint density at radius 3 is 2.56 bits per heavy atom. The van der Waals surface area contributed by atoms with Gasteiger partial charge in [-0.25, -0.2) is 28.3 Å². The number of aromatic nitrogens is 3. The van der Waals surface area contributed by atoms with Crippen molar-refractivity contribution in [3.63, 3.8) is 0 Å². The first-order valence-electron chi connectivity index (χ1n) is 14.5. The predicted octanol–water partition coefficient (Wildman–Crippen LogP) is 4.91. The molecule has 0 bridgehead atoms. The normalized spacial score (nSPS) is 18.1. The number of imide groups is 1. The SMILES string of the molecule is Cc1nc(-c2cc(C(=O)O)on2)ncc1-c1ccc(CN2CC3(CC(c4ccc(N5CCC(=O)NC5=O)c(F)c4)C3)C2)cc1F. The summed E-state index contributed by atoms with van der Waals surface area (Å²) in [4.78, 5) is 46.7. The highest BCUT2D eigenvalue weighted by molar-refractivity contribution is 6.05. The summed E-state index contributed by atoms with van der Waals surface area (Å²) in [5.41, 5.74) is 3.68. The minimum Gasteiger partial charge on any atom is -0.475 e. The van der Waals surface area contributed by atoms with E-state index in [-0.39, 0.29) is 59.0 Å². The van der Waals surface area contributed by atoms with E-state index >= 15 is 4.39 Å². The smallest absolute Gasteiger partial charge is 0.374 e. The molecule has 2 saturated heterocycles. The molecule has 1 saturated carbocycles. The molecule has 2 N–H and O–H groups in total. The number of halogens is 2. The average molecular weight is 615 g/mol. The third-order valence-corrected chi connectivity index (χ3v) is 8.92. The molecule has 1 spiro atoms. The van der Waals surface area contributed by atoms with Gasteiger partial charge in [-0.05, 0) is 60.4 Å². The molecule has 230 valence electrons. The monoisotopic (exact) mass is 614 g/mol. The molecule has 3 aliphatic rings. The van der Waals surface area contributed by atoms with Crippen LogP contribution in [0.2, 0.25) is 0 Å². The molecule has 2 aliphatic heterocycles. The van der Waals surface area contributed by atoms with Crippen LogP contribution >= 0.6 is 0 Å². The van der Waals surface area contributed by atoms with E-state index in [0.29, 0.717) is 23.4 Å². The molecule has 0 unspecified atom stereocenters. The number of urea groups is 1.